The van der Waals surface area contributed by atoms with Crippen LogP contribution in [0, 0.1) is 5.82 Å². The number of aromatic nitrogens is 3. The highest BCUT2D eigenvalue weighted by atomic mass is 35.5. The topological polar surface area (TPSA) is 59.8 Å². The second kappa shape index (κ2) is 5.79. The molecule has 1 unspecified atom stereocenters. The van der Waals surface area contributed by atoms with Crippen molar-refractivity contribution in [2.45, 2.75) is 19.5 Å². The standard InChI is InChI=1S/C12H12ClFN4O/c1-8(7-18-4-2-3-16-18)17-12(19)10-5-9(14)6-15-11(10)13/h2-6,8H,7H2,1H3,(H,17,19). The molecule has 2 aromatic rings. The number of hydrogen-bond donors (Lipinski definition) is 1. The van der Waals surface area contributed by atoms with Crippen molar-refractivity contribution in [3.8, 4) is 0 Å². The molecule has 2 rings (SSSR count). The SMILES string of the molecule is CC(Cn1cccn1)NC(=O)c1cc(F)cnc1Cl. The largest absolute Gasteiger partial charge is 0.348 e. The number of hydrogen-bond acceptors (Lipinski definition) is 3. The van der Waals surface area contributed by atoms with Crippen LogP contribution in [0.15, 0.2) is 30.7 Å². The lowest BCUT2D eigenvalue weighted by Gasteiger charge is -2.14. The number of halogens is 2. The van der Waals surface area contributed by atoms with Crippen LogP contribution in [0.4, 0.5) is 4.39 Å². The first-order valence-corrected chi connectivity index (χ1v) is 6.03. The van der Waals surface area contributed by atoms with Crippen LogP contribution in [0.3, 0.4) is 0 Å². The van der Waals surface area contributed by atoms with Gasteiger partial charge in [-0.1, -0.05) is 11.6 Å². The molecular formula is C12H12ClFN4O. The van der Waals surface area contributed by atoms with Gasteiger partial charge in [-0.2, -0.15) is 5.10 Å². The predicted molar refractivity (Wildman–Crippen MR) is 68.4 cm³/mol. The van der Waals surface area contributed by atoms with E-state index in [1.165, 1.54) is 0 Å². The van der Waals surface area contributed by atoms with Crippen LogP contribution in [0.25, 0.3) is 0 Å². The van der Waals surface area contributed by atoms with Gasteiger partial charge in [-0.3, -0.25) is 9.48 Å². The third kappa shape index (κ3) is 3.51. The number of rotatable bonds is 4. The smallest absolute Gasteiger partial charge is 0.254 e. The fraction of sp³-hybridized carbons (Fsp3) is 0.250. The van der Waals surface area contributed by atoms with Gasteiger partial charge in [0, 0.05) is 18.4 Å². The Morgan fingerprint density at radius 2 is 2.42 bits per heavy atom. The summed E-state index contributed by atoms with van der Waals surface area (Å²) in [6.07, 6.45) is 4.41. The summed E-state index contributed by atoms with van der Waals surface area (Å²) in [5.41, 5.74) is 0.0222. The number of pyridine rings is 1. The summed E-state index contributed by atoms with van der Waals surface area (Å²) in [6, 6.07) is 2.68. The fourth-order valence-corrected chi connectivity index (χ4v) is 1.81. The molecule has 0 radical (unpaired) electrons. The molecule has 0 bridgehead atoms. The van der Waals surface area contributed by atoms with Gasteiger partial charge in [-0.05, 0) is 19.1 Å². The summed E-state index contributed by atoms with van der Waals surface area (Å²) >= 11 is 5.76. The lowest BCUT2D eigenvalue weighted by molar-refractivity contribution is 0.0935. The van der Waals surface area contributed by atoms with E-state index < -0.39 is 11.7 Å². The van der Waals surface area contributed by atoms with Crippen molar-refractivity contribution in [2.75, 3.05) is 0 Å². The third-order valence-electron chi connectivity index (χ3n) is 2.45. The Bertz CT molecular complexity index is 573. The van der Waals surface area contributed by atoms with Crippen LogP contribution in [-0.2, 0) is 6.54 Å². The average Bonchev–Trinajstić information content (AvgIpc) is 2.84. The minimum atomic E-state index is -0.603. The molecule has 0 aromatic carbocycles. The Balaban J connectivity index is 2.02. The first-order chi connectivity index (χ1) is 9.06. The van der Waals surface area contributed by atoms with Gasteiger partial charge in [0.05, 0.1) is 18.3 Å². The third-order valence-corrected chi connectivity index (χ3v) is 2.75. The zero-order chi connectivity index (χ0) is 13.8. The zero-order valence-electron chi connectivity index (χ0n) is 10.2. The zero-order valence-corrected chi connectivity index (χ0v) is 10.9. The van der Waals surface area contributed by atoms with E-state index in [4.69, 9.17) is 11.6 Å². The van der Waals surface area contributed by atoms with E-state index in [1.807, 2.05) is 6.92 Å². The van der Waals surface area contributed by atoms with Gasteiger partial charge in [0.1, 0.15) is 11.0 Å². The highest BCUT2D eigenvalue weighted by Crippen LogP contribution is 2.13. The lowest BCUT2D eigenvalue weighted by atomic mass is 10.2. The highest BCUT2D eigenvalue weighted by molar-refractivity contribution is 6.32. The summed E-state index contributed by atoms with van der Waals surface area (Å²) in [5, 5.41) is 6.72. The molecule has 0 aliphatic rings. The van der Waals surface area contributed by atoms with E-state index in [-0.39, 0.29) is 16.8 Å². The van der Waals surface area contributed by atoms with E-state index in [0.717, 1.165) is 12.3 Å². The molecule has 2 heterocycles. The molecule has 2 aromatic heterocycles. The maximum absolute atomic E-state index is 13.0. The van der Waals surface area contributed by atoms with E-state index in [0.29, 0.717) is 6.54 Å². The van der Waals surface area contributed by atoms with Crippen LogP contribution in [-0.4, -0.2) is 26.7 Å². The molecule has 1 atom stereocenters. The maximum Gasteiger partial charge on any atom is 0.254 e. The van der Waals surface area contributed by atoms with Gasteiger partial charge in [0.25, 0.3) is 5.91 Å². The summed E-state index contributed by atoms with van der Waals surface area (Å²) < 4.78 is 14.7. The first-order valence-electron chi connectivity index (χ1n) is 5.65. The summed E-state index contributed by atoms with van der Waals surface area (Å²) in [7, 11) is 0. The van der Waals surface area contributed by atoms with Crippen LogP contribution >= 0.6 is 11.6 Å². The molecule has 19 heavy (non-hydrogen) atoms. The van der Waals surface area contributed by atoms with Gasteiger partial charge in [-0.15, -0.1) is 0 Å². The minimum absolute atomic E-state index is 0.0222. The molecule has 0 saturated carbocycles. The molecule has 5 nitrogen and oxygen atoms in total. The number of carbonyl (C=O) groups excluding carboxylic acids is 1. The number of nitrogens with zero attached hydrogens (tertiary/aromatic N) is 3. The van der Waals surface area contributed by atoms with Crippen molar-refractivity contribution in [1.82, 2.24) is 20.1 Å². The molecule has 0 aliphatic heterocycles. The monoisotopic (exact) mass is 282 g/mol. The van der Waals surface area contributed by atoms with E-state index in [2.05, 4.69) is 15.4 Å². The van der Waals surface area contributed by atoms with Crippen LogP contribution in [0.2, 0.25) is 5.15 Å². The van der Waals surface area contributed by atoms with Crippen molar-refractivity contribution >= 4 is 17.5 Å². The van der Waals surface area contributed by atoms with Gasteiger partial charge < -0.3 is 5.32 Å². The lowest BCUT2D eigenvalue weighted by Crippen LogP contribution is -2.36. The quantitative estimate of drug-likeness (QED) is 0.871. The average molecular weight is 283 g/mol. The Morgan fingerprint density at radius 1 is 1.63 bits per heavy atom. The molecule has 0 spiro atoms. The predicted octanol–water partition coefficient (Wildman–Crippen LogP) is 1.89. The van der Waals surface area contributed by atoms with Gasteiger partial charge in [-0.25, -0.2) is 9.37 Å². The molecule has 1 N–H and O–H groups in total. The minimum Gasteiger partial charge on any atom is -0.348 e. The number of amides is 1. The Hall–Kier alpha value is -1.95. The Labute approximate surface area is 114 Å². The second-order valence-corrected chi connectivity index (χ2v) is 4.45. The van der Waals surface area contributed by atoms with E-state index >= 15 is 0 Å². The Morgan fingerprint density at radius 3 is 3.11 bits per heavy atom. The molecule has 0 saturated heterocycles. The van der Waals surface area contributed by atoms with Gasteiger partial charge in [0.2, 0.25) is 0 Å². The fourth-order valence-electron chi connectivity index (χ4n) is 1.62. The maximum atomic E-state index is 13.0. The summed E-state index contributed by atoms with van der Waals surface area (Å²) in [4.78, 5) is 15.5. The molecule has 1 amide bonds. The number of nitrogens with one attached hydrogen (secondary N) is 1. The molecule has 7 heteroatoms. The highest BCUT2D eigenvalue weighted by Gasteiger charge is 2.15. The first kappa shape index (κ1) is 13.5. The van der Waals surface area contributed by atoms with Gasteiger partial charge in [0.15, 0.2) is 0 Å². The normalized spacial score (nSPS) is 12.2. The molecule has 0 aliphatic carbocycles. The number of carbonyl (C=O) groups is 1. The Kier molecular flexibility index (Phi) is 4.11. The van der Waals surface area contributed by atoms with Crippen molar-refractivity contribution in [3.05, 3.63) is 47.3 Å². The molecule has 100 valence electrons. The van der Waals surface area contributed by atoms with Crippen molar-refractivity contribution in [1.29, 1.82) is 0 Å². The summed E-state index contributed by atoms with van der Waals surface area (Å²) in [5.74, 6) is -1.06. The van der Waals surface area contributed by atoms with Crippen LogP contribution < -0.4 is 5.32 Å². The van der Waals surface area contributed by atoms with Crippen LogP contribution in [0.5, 0.6) is 0 Å². The van der Waals surface area contributed by atoms with Crippen molar-refractivity contribution in [3.63, 3.8) is 0 Å². The summed E-state index contributed by atoms with van der Waals surface area (Å²) in [6.45, 7) is 2.33. The molecular weight excluding hydrogens is 271 g/mol. The van der Waals surface area contributed by atoms with Crippen LogP contribution in [0.1, 0.15) is 17.3 Å². The van der Waals surface area contributed by atoms with Crippen molar-refractivity contribution < 1.29 is 9.18 Å². The van der Waals surface area contributed by atoms with Crippen molar-refractivity contribution in [2.24, 2.45) is 0 Å². The van der Waals surface area contributed by atoms with E-state index in [9.17, 15) is 9.18 Å². The second-order valence-electron chi connectivity index (χ2n) is 4.09. The van der Waals surface area contributed by atoms with Gasteiger partial charge >= 0.3 is 0 Å². The van der Waals surface area contributed by atoms with E-state index in [1.54, 1.807) is 23.1 Å². The molecule has 0 fully saturated rings.